The minimum Gasteiger partial charge on any atom is -0.368 e. The van der Waals surface area contributed by atoms with Gasteiger partial charge in [0.2, 0.25) is 5.91 Å². The summed E-state index contributed by atoms with van der Waals surface area (Å²) in [5.74, 6) is -0.0233. The van der Waals surface area contributed by atoms with Crippen LogP contribution in [0, 0.1) is 0 Å². The first kappa shape index (κ1) is 16.5. The molecule has 0 saturated heterocycles. The molecule has 0 fully saturated rings. The summed E-state index contributed by atoms with van der Waals surface area (Å²) < 4.78 is 0. The van der Waals surface area contributed by atoms with Gasteiger partial charge in [-0.2, -0.15) is 0 Å². The third kappa shape index (κ3) is 3.26. The van der Waals surface area contributed by atoms with E-state index in [-0.39, 0.29) is 11.3 Å². The molecule has 0 radical (unpaired) electrons. The molecule has 1 amide bonds. The van der Waals surface area contributed by atoms with Crippen molar-refractivity contribution < 1.29 is 4.79 Å². The zero-order valence-corrected chi connectivity index (χ0v) is 15.5. The minimum atomic E-state index is -0.0233. The number of nitrogens with zero attached hydrogens (tertiary/aromatic N) is 1. The van der Waals surface area contributed by atoms with Gasteiger partial charge >= 0.3 is 0 Å². The molecule has 0 aromatic heterocycles. The number of para-hydroxylation sites is 1. The van der Waals surface area contributed by atoms with Crippen molar-refractivity contribution in [1.29, 1.82) is 0 Å². The lowest BCUT2D eigenvalue weighted by atomic mass is 9.95. The number of likely N-dealkylation sites (N-methyl/N-ethyl adjacent to an activating group) is 1. The second kappa shape index (κ2) is 6.73. The molecule has 1 atom stereocenters. The van der Waals surface area contributed by atoms with E-state index in [0.717, 1.165) is 31.7 Å². The maximum atomic E-state index is 11.7. The van der Waals surface area contributed by atoms with E-state index in [0.29, 0.717) is 0 Å². The highest BCUT2D eigenvalue weighted by Gasteiger charge is 2.27. The molecular weight excluding hydrogens is 330 g/mol. The van der Waals surface area contributed by atoms with Crippen molar-refractivity contribution in [2.75, 3.05) is 23.7 Å². The lowest BCUT2D eigenvalue weighted by Crippen LogP contribution is -2.30. The summed E-state index contributed by atoms with van der Waals surface area (Å²) in [6.07, 6.45) is 1.07. The number of nitrogens with one attached hydrogen (secondary N) is 2. The Bertz CT molecular complexity index is 796. The van der Waals surface area contributed by atoms with Crippen molar-refractivity contribution in [2.45, 2.75) is 37.1 Å². The Hall–Kier alpha value is -1.98. The number of carbonyl (C=O) groups excluding carboxylic acids is 1. The molecule has 5 heteroatoms. The smallest absolute Gasteiger partial charge is 0.221 e. The summed E-state index contributed by atoms with van der Waals surface area (Å²) in [6.45, 7) is 6.90. The van der Waals surface area contributed by atoms with Crippen molar-refractivity contribution in [2.24, 2.45) is 0 Å². The monoisotopic (exact) mass is 353 g/mol. The molecule has 25 heavy (non-hydrogen) atoms. The Balaban J connectivity index is 1.70. The lowest BCUT2D eigenvalue weighted by molar-refractivity contribution is -0.114. The quantitative estimate of drug-likeness (QED) is 0.866. The molecule has 0 saturated carbocycles. The average Bonchev–Trinajstić information content (AvgIpc) is 3.04. The van der Waals surface area contributed by atoms with Crippen molar-refractivity contribution in [3.8, 4) is 0 Å². The summed E-state index contributed by atoms with van der Waals surface area (Å²) >= 11 is 1.81. The first-order valence-electron chi connectivity index (χ1n) is 8.82. The summed E-state index contributed by atoms with van der Waals surface area (Å²) in [5, 5.41) is 6.77. The van der Waals surface area contributed by atoms with Crippen LogP contribution in [-0.2, 0) is 17.8 Å². The van der Waals surface area contributed by atoms with Crippen LogP contribution in [0.15, 0.2) is 41.3 Å². The summed E-state index contributed by atoms with van der Waals surface area (Å²) in [5.41, 5.74) is 6.01. The van der Waals surface area contributed by atoms with Gasteiger partial charge in [0.1, 0.15) is 5.37 Å². The van der Waals surface area contributed by atoms with Crippen LogP contribution in [-0.4, -0.2) is 23.9 Å². The van der Waals surface area contributed by atoms with Gasteiger partial charge in [0.15, 0.2) is 0 Å². The second-order valence-corrected chi connectivity index (χ2v) is 7.79. The van der Waals surface area contributed by atoms with Crippen molar-refractivity contribution >= 4 is 29.0 Å². The summed E-state index contributed by atoms with van der Waals surface area (Å²) in [4.78, 5) is 15.4. The van der Waals surface area contributed by atoms with E-state index in [1.807, 2.05) is 11.8 Å². The first-order valence-corrected chi connectivity index (χ1v) is 9.70. The Morgan fingerprint density at radius 2 is 2.16 bits per heavy atom. The molecule has 2 aromatic carbocycles. The minimum absolute atomic E-state index is 0.0233. The lowest BCUT2D eigenvalue weighted by Gasteiger charge is -2.29. The largest absolute Gasteiger partial charge is 0.368 e. The number of amides is 1. The molecule has 4 nitrogen and oxygen atoms in total. The van der Waals surface area contributed by atoms with Gasteiger partial charge in [-0.25, -0.2) is 0 Å². The van der Waals surface area contributed by atoms with Crippen molar-refractivity contribution in [3.63, 3.8) is 0 Å². The number of thioether (sulfide) groups is 1. The Labute approximate surface area is 153 Å². The zero-order valence-electron chi connectivity index (χ0n) is 14.6. The van der Waals surface area contributed by atoms with Gasteiger partial charge in [0, 0.05) is 41.8 Å². The molecule has 2 aliphatic rings. The predicted octanol–water partition coefficient (Wildman–Crippen LogP) is 4.24. The Kier molecular flexibility index (Phi) is 4.44. The highest BCUT2D eigenvalue weighted by Crippen LogP contribution is 2.48. The maximum Gasteiger partial charge on any atom is 0.221 e. The third-order valence-electron chi connectivity index (χ3n) is 4.92. The van der Waals surface area contributed by atoms with Crippen LogP contribution in [0.5, 0.6) is 0 Å². The van der Waals surface area contributed by atoms with Crippen molar-refractivity contribution in [1.82, 2.24) is 4.90 Å². The van der Waals surface area contributed by atoms with Crippen LogP contribution >= 0.6 is 11.8 Å². The van der Waals surface area contributed by atoms with Gasteiger partial charge in [-0.3, -0.25) is 9.69 Å². The van der Waals surface area contributed by atoms with E-state index in [1.165, 1.54) is 27.3 Å². The summed E-state index contributed by atoms with van der Waals surface area (Å²) in [7, 11) is 0. The fraction of sp³-hybridized carbons (Fsp3) is 0.350. The van der Waals surface area contributed by atoms with Crippen LogP contribution in [0.2, 0.25) is 0 Å². The molecule has 2 aromatic rings. The van der Waals surface area contributed by atoms with Crippen molar-refractivity contribution in [3.05, 3.63) is 53.1 Å². The molecule has 0 spiro atoms. The van der Waals surface area contributed by atoms with Crippen LogP contribution in [0.1, 0.15) is 35.9 Å². The van der Waals surface area contributed by atoms with Gasteiger partial charge in [-0.1, -0.05) is 36.9 Å². The number of carbonyl (C=O) groups is 1. The third-order valence-corrected chi connectivity index (χ3v) is 6.14. The van der Waals surface area contributed by atoms with Gasteiger partial charge in [-0.15, -0.1) is 0 Å². The van der Waals surface area contributed by atoms with Crippen LogP contribution in [0.3, 0.4) is 0 Å². The highest BCUT2D eigenvalue weighted by molar-refractivity contribution is 8.00. The fourth-order valence-electron chi connectivity index (χ4n) is 3.60. The second-order valence-electron chi connectivity index (χ2n) is 6.65. The van der Waals surface area contributed by atoms with E-state index >= 15 is 0 Å². The molecule has 2 N–H and O–H groups in total. The first-order chi connectivity index (χ1) is 12.1. The number of anilines is 2. The van der Waals surface area contributed by atoms with Gasteiger partial charge in [-0.05, 0) is 42.3 Å². The Morgan fingerprint density at radius 3 is 2.92 bits per heavy atom. The summed E-state index contributed by atoms with van der Waals surface area (Å²) in [6, 6.07) is 12.8. The molecule has 2 aliphatic heterocycles. The number of benzene rings is 2. The van der Waals surface area contributed by atoms with Crippen LogP contribution in [0.4, 0.5) is 11.4 Å². The molecule has 130 valence electrons. The molecular formula is C20H23N3OS. The number of rotatable bonds is 3. The molecule has 0 bridgehead atoms. The highest BCUT2D eigenvalue weighted by atomic mass is 32.2. The zero-order chi connectivity index (χ0) is 17.4. The molecule has 1 unspecified atom stereocenters. The topological polar surface area (TPSA) is 44.4 Å². The molecule has 0 aliphatic carbocycles. The SMILES string of the molecule is CCN1CCc2cc(C3Nc4ccccc4S3)c(NC(C)=O)cc2C1. The van der Waals surface area contributed by atoms with E-state index in [4.69, 9.17) is 0 Å². The van der Waals surface area contributed by atoms with Gasteiger partial charge in [0.05, 0.1) is 0 Å². The molecule has 2 heterocycles. The fourth-order valence-corrected chi connectivity index (χ4v) is 4.77. The van der Waals surface area contributed by atoms with Gasteiger partial charge in [0.25, 0.3) is 0 Å². The predicted molar refractivity (Wildman–Crippen MR) is 104 cm³/mol. The van der Waals surface area contributed by atoms with Gasteiger partial charge < -0.3 is 10.6 Å². The van der Waals surface area contributed by atoms with E-state index < -0.39 is 0 Å². The number of hydrogen-bond donors (Lipinski definition) is 2. The number of fused-ring (bicyclic) bond motifs is 2. The number of hydrogen-bond acceptors (Lipinski definition) is 4. The molecule has 4 rings (SSSR count). The Morgan fingerprint density at radius 1 is 1.32 bits per heavy atom. The standard InChI is InChI=1S/C20H23N3OS/c1-3-23-9-8-14-10-16(18(21-13(2)24)11-15(14)12-23)20-22-17-6-4-5-7-19(17)25-20/h4-7,10-11,20,22H,3,8-9,12H2,1-2H3,(H,21,24). The van der Waals surface area contributed by atoms with Crippen LogP contribution < -0.4 is 10.6 Å². The maximum absolute atomic E-state index is 11.7. The van der Waals surface area contributed by atoms with Crippen LogP contribution in [0.25, 0.3) is 0 Å². The van der Waals surface area contributed by atoms with E-state index in [2.05, 4.69) is 58.9 Å². The van der Waals surface area contributed by atoms with E-state index in [9.17, 15) is 4.79 Å². The average molecular weight is 353 g/mol. The van der Waals surface area contributed by atoms with E-state index in [1.54, 1.807) is 6.92 Å². The normalized spacial score (nSPS) is 19.0.